The third-order valence-electron chi connectivity index (χ3n) is 6.39. The minimum absolute atomic E-state index is 0.0800. The molecule has 8 heteroatoms. The second kappa shape index (κ2) is 9.87. The molecule has 0 atom stereocenters. The van der Waals surface area contributed by atoms with Crippen LogP contribution in [0.15, 0.2) is 67.9 Å². The van der Waals surface area contributed by atoms with E-state index < -0.39 is 0 Å². The van der Waals surface area contributed by atoms with Crippen LogP contribution in [0.1, 0.15) is 33.3 Å². The number of allylic oxidation sites excluding steroid dienone is 2. The molecule has 0 aliphatic carbocycles. The van der Waals surface area contributed by atoms with Crippen molar-refractivity contribution in [1.82, 2.24) is 25.1 Å². The number of nitrogens with one attached hydrogen (secondary N) is 3. The van der Waals surface area contributed by atoms with E-state index in [1.165, 1.54) is 6.07 Å². The molecule has 0 aliphatic rings. The fourth-order valence-electron chi connectivity index (χ4n) is 4.07. The molecule has 5 rings (SSSR count). The lowest BCUT2D eigenvalue weighted by Gasteiger charge is -2.23. The number of H-pyrrole nitrogens is 2. The summed E-state index contributed by atoms with van der Waals surface area (Å²) in [5.41, 5.74) is 6.66. The lowest BCUT2D eigenvalue weighted by Crippen LogP contribution is -2.23. The van der Waals surface area contributed by atoms with E-state index in [4.69, 9.17) is 0 Å². The number of rotatable bonds is 6. The number of aromatic nitrogens is 5. The second-order valence-corrected chi connectivity index (χ2v) is 11.1. The highest BCUT2D eigenvalue weighted by molar-refractivity contribution is 7.14. The Morgan fingerprint density at radius 2 is 1.87 bits per heavy atom. The average Bonchev–Trinajstić information content (AvgIpc) is 3.61. The standard InChI is InChI=1S/C30H29FN6S/c1-7-24-22(10-17(2)19-11-20(14-32-13-19)34-18(3)30(4,5)6)29(37-36-24)25-12-21-23(15-33-16-26(21)35-25)27-8-9-28(31)38-27/h7-16,34-36H,2-3H2,1,4-6H3/b22-10+,24-7+. The van der Waals surface area contributed by atoms with E-state index in [0.717, 1.165) is 77.2 Å². The summed E-state index contributed by atoms with van der Waals surface area (Å²) in [4.78, 5) is 13.0. The molecule has 5 aromatic rings. The molecular weight excluding hydrogens is 495 g/mol. The SMILES string of the molecule is C=C(/C=c1/c(-c2cc3c(-c4ccc(F)s4)cncc3[nH]2)n[nH]/c1=C/C)c1cncc(NC(=C)C(C)(C)C)c1. The van der Waals surface area contributed by atoms with E-state index in [1.807, 2.05) is 31.2 Å². The summed E-state index contributed by atoms with van der Waals surface area (Å²) >= 11 is 1.10. The molecule has 3 N–H and O–H groups in total. The minimum atomic E-state index is -0.227. The predicted octanol–water partition coefficient (Wildman–Crippen LogP) is 6.48. The minimum Gasteiger partial charge on any atom is -0.358 e. The Balaban J connectivity index is 1.55. The highest BCUT2D eigenvalue weighted by Crippen LogP contribution is 2.34. The Labute approximate surface area is 224 Å². The van der Waals surface area contributed by atoms with E-state index in [9.17, 15) is 4.39 Å². The van der Waals surface area contributed by atoms with Crippen LogP contribution in [0.2, 0.25) is 0 Å². The van der Waals surface area contributed by atoms with Crippen LogP contribution in [-0.4, -0.2) is 25.1 Å². The number of hydrogen-bond acceptors (Lipinski definition) is 5. The zero-order chi connectivity index (χ0) is 27.0. The van der Waals surface area contributed by atoms with Gasteiger partial charge in [-0.25, -0.2) is 0 Å². The van der Waals surface area contributed by atoms with E-state index in [2.05, 4.69) is 64.4 Å². The van der Waals surface area contributed by atoms with Gasteiger partial charge in [0.1, 0.15) is 5.69 Å². The van der Waals surface area contributed by atoms with Gasteiger partial charge in [0, 0.05) is 50.1 Å². The third kappa shape index (κ3) is 4.95. The van der Waals surface area contributed by atoms with Gasteiger partial charge in [-0.05, 0) is 42.8 Å². The highest BCUT2D eigenvalue weighted by Gasteiger charge is 2.16. The van der Waals surface area contributed by atoms with Gasteiger partial charge in [-0.3, -0.25) is 15.1 Å². The zero-order valence-electron chi connectivity index (χ0n) is 21.8. The molecule has 0 unspecified atom stereocenters. The Morgan fingerprint density at radius 1 is 1.08 bits per heavy atom. The highest BCUT2D eigenvalue weighted by atomic mass is 32.1. The molecule has 5 aromatic heterocycles. The van der Waals surface area contributed by atoms with E-state index in [0.29, 0.717) is 0 Å². The summed E-state index contributed by atoms with van der Waals surface area (Å²) in [7, 11) is 0. The van der Waals surface area contributed by atoms with Gasteiger partial charge >= 0.3 is 0 Å². The summed E-state index contributed by atoms with van der Waals surface area (Å²) in [5.74, 6) is 0. The molecule has 0 aromatic carbocycles. The van der Waals surface area contributed by atoms with Crippen molar-refractivity contribution in [2.45, 2.75) is 27.7 Å². The smallest absolute Gasteiger partial charge is 0.176 e. The van der Waals surface area contributed by atoms with Crippen molar-refractivity contribution in [3.05, 3.63) is 89.2 Å². The largest absolute Gasteiger partial charge is 0.358 e. The third-order valence-corrected chi connectivity index (χ3v) is 7.30. The van der Waals surface area contributed by atoms with Gasteiger partial charge in [0.05, 0.1) is 34.6 Å². The summed E-state index contributed by atoms with van der Waals surface area (Å²) in [5, 5.41) is 13.6. The molecule has 0 aliphatic heterocycles. The molecule has 192 valence electrons. The molecule has 0 fully saturated rings. The summed E-state index contributed by atoms with van der Waals surface area (Å²) in [6.45, 7) is 16.8. The van der Waals surface area contributed by atoms with Crippen molar-refractivity contribution < 1.29 is 4.39 Å². The van der Waals surface area contributed by atoms with E-state index in [-0.39, 0.29) is 10.5 Å². The molecule has 6 nitrogen and oxygen atoms in total. The molecular formula is C30H29FN6S. The molecule has 0 saturated carbocycles. The molecule has 0 bridgehead atoms. The van der Waals surface area contributed by atoms with Crippen molar-refractivity contribution in [3.63, 3.8) is 0 Å². The van der Waals surface area contributed by atoms with Crippen LogP contribution in [0, 0.1) is 10.5 Å². The number of aromatic amines is 2. The van der Waals surface area contributed by atoms with Crippen molar-refractivity contribution in [2.24, 2.45) is 5.41 Å². The van der Waals surface area contributed by atoms with Gasteiger partial charge < -0.3 is 10.3 Å². The Hall–Kier alpha value is -4.30. The molecule has 0 amide bonds. The van der Waals surface area contributed by atoms with Gasteiger partial charge in [-0.15, -0.1) is 11.3 Å². The molecule has 0 saturated heterocycles. The number of fused-ring (bicyclic) bond motifs is 1. The van der Waals surface area contributed by atoms with Crippen LogP contribution in [0.4, 0.5) is 10.1 Å². The lowest BCUT2D eigenvalue weighted by atomic mass is 9.93. The predicted molar refractivity (Wildman–Crippen MR) is 156 cm³/mol. The molecule has 38 heavy (non-hydrogen) atoms. The van der Waals surface area contributed by atoms with Crippen molar-refractivity contribution in [1.29, 1.82) is 0 Å². The maximum Gasteiger partial charge on any atom is 0.176 e. The van der Waals surface area contributed by atoms with Gasteiger partial charge in [0.15, 0.2) is 5.13 Å². The summed E-state index contributed by atoms with van der Waals surface area (Å²) in [6.07, 6.45) is 11.1. The fraction of sp³-hybridized carbons (Fsp3) is 0.167. The van der Waals surface area contributed by atoms with Crippen LogP contribution in [0.25, 0.3) is 50.5 Å². The second-order valence-electron chi connectivity index (χ2n) is 10.1. The number of pyridine rings is 2. The Kier molecular flexibility index (Phi) is 6.59. The Morgan fingerprint density at radius 3 is 2.58 bits per heavy atom. The van der Waals surface area contributed by atoms with Gasteiger partial charge in [-0.1, -0.05) is 40.0 Å². The average molecular weight is 525 g/mol. The van der Waals surface area contributed by atoms with Crippen LogP contribution in [0.3, 0.4) is 0 Å². The number of thiophene rings is 1. The number of nitrogens with zero attached hydrogens (tertiary/aromatic N) is 3. The van der Waals surface area contributed by atoms with Gasteiger partial charge in [0.25, 0.3) is 0 Å². The Bertz CT molecular complexity index is 1800. The quantitative estimate of drug-likeness (QED) is 0.237. The van der Waals surface area contributed by atoms with Crippen LogP contribution in [-0.2, 0) is 0 Å². The number of halogens is 1. The maximum absolute atomic E-state index is 13.7. The maximum atomic E-state index is 13.7. The van der Waals surface area contributed by atoms with E-state index >= 15 is 0 Å². The fourth-order valence-corrected chi connectivity index (χ4v) is 4.83. The van der Waals surface area contributed by atoms with Gasteiger partial charge in [-0.2, -0.15) is 9.49 Å². The zero-order valence-corrected chi connectivity index (χ0v) is 22.6. The molecule has 0 spiro atoms. The number of anilines is 1. The van der Waals surface area contributed by atoms with Crippen molar-refractivity contribution in [3.8, 4) is 21.8 Å². The molecule has 0 radical (unpaired) electrons. The lowest BCUT2D eigenvalue weighted by molar-refractivity contribution is 0.509. The normalized spacial score (nSPS) is 12.9. The van der Waals surface area contributed by atoms with Crippen LogP contribution >= 0.6 is 11.3 Å². The topological polar surface area (TPSA) is 82.3 Å². The van der Waals surface area contributed by atoms with Gasteiger partial charge in [0.2, 0.25) is 0 Å². The van der Waals surface area contributed by atoms with Crippen molar-refractivity contribution >= 4 is 45.7 Å². The number of hydrogen-bond donors (Lipinski definition) is 3. The van der Waals surface area contributed by atoms with Crippen LogP contribution < -0.4 is 15.9 Å². The first-order valence-electron chi connectivity index (χ1n) is 12.2. The first kappa shape index (κ1) is 25.4. The first-order chi connectivity index (χ1) is 18.1. The summed E-state index contributed by atoms with van der Waals surface area (Å²) < 4.78 is 13.7. The first-order valence-corrected chi connectivity index (χ1v) is 13.0. The molecule has 5 heterocycles. The summed E-state index contributed by atoms with van der Waals surface area (Å²) in [6, 6.07) is 7.29. The van der Waals surface area contributed by atoms with Crippen LogP contribution in [0.5, 0.6) is 0 Å². The van der Waals surface area contributed by atoms with E-state index in [1.54, 1.807) is 30.9 Å². The van der Waals surface area contributed by atoms with Crippen molar-refractivity contribution in [2.75, 3.05) is 5.32 Å². The monoisotopic (exact) mass is 524 g/mol.